The Kier molecular flexibility index (Phi) is 5.67. The van der Waals surface area contributed by atoms with Crippen LogP contribution in [0, 0.1) is 0 Å². The number of hydrogen-bond acceptors (Lipinski definition) is 3. The fourth-order valence-corrected chi connectivity index (χ4v) is 3.02. The third-order valence-corrected chi connectivity index (χ3v) is 4.91. The minimum absolute atomic E-state index is 0.00390. The van der Waals surface area contributed by atoms with Crippen molar-refractivity contribution >= 4 is 81.2 Å². The van der Waals surface area contributed by atoms with E-state index in [1.54, 1.807) is 0 Å². The Bertz CT molecular complexity index is 772. The first-order valence-electron chi connectivity index (χ1n) is 5.69. The van der Waals surface area contributed by atoms with Crippen molar-refractivity contribution in [1.82, 2.24) is 0 Å². The van der Waals surface area contributed by atoms with Crippen LogP contribution in [0.15, 0.2) is 12.1 Å². The van der Waals surface area contributed by atoms with Crippen molar-refractivity contribution in [2.45, 2.75) is 0 Å². The van der Waals surface area contributed by atoms with Gasteiger partial charge in [0.1, 0.15) is 17.0 Å². The number of phenolic OH excluding ortho intramolecular Hbond substituents is 2. The van der Waals surface area contributed by atoms with Gasteiger partial charge in [-0.3, -0.25) is 4.79 Å². The van der Waals surface area contributed by atoms with E-state index in [0.717, 1.165) is 0 Å². The van der Waals surface area contributed by atoms with E-state index >= 15 is 0 Å². The number of halogens is 6. The van der Waals surface area contributed by atoms with Gasteiger partial charge in [0, 0.05) is 0 Å². The lowest BCUT2D eigenvalue weighted by atomic mass is 10.1. The molecule has 0 saturated heterocycles. The summed E-state index contributed by atoms with van der Waals surface area (Å²) in [6.07, 6.45) is 0. The molecule has 2 aromatic carbocycles. The van der Waals surface area contributed by atoms with Gasteiger partial charge in [-0.15, -0.1) is 0 Å². The van der Waals surface area contributed by atoms with Gasteiger partial charge in [-0.05, 0) is 12.1 Å². The molecule has 0 fully saturated rings. The van der Waals surface area contributed by atoms with Crippen LogP contribution < -0.4 is 5.32 Å². The van der Waals surface area contributed by atoms with Crippen LogP contribution in [0.1, 0.15) is 10.4 Å². The zero-order valence-corrected chi connectivity index (χ0v) is 15.3. The van der Waals surface area contributed by atoms with E-state index in [9.17, 15) is 15.0 Å². The van der Waals surface area contributed by atoms with E-state index in [1.165, 1.54) is 12.1 Å². The highest BCUT2D eigenvalue weighted by molar-refractivity contribution is 6.47. The van der Waals surface area contributed by atoms with Crippen LogP contribution in [0.25, 0.3) is 0 Å². The van der Waals surface area contributed by atoms with Crippen molar-refractivity contribution in [2.24, 2.45) is 0 Å². The third-order valence-electron chi connectivity index (χ3n) is 2.76. The molecule has 1 amide bonds. The van der Waals surface area contributed by atoms with Crippen LogP contribution in [-0.2, 0) is 0 Å². The molecular formula is C13H5Cl6NO3. The molecule has 0 heterocycles. The van der Waals surface area contributed by atoms with Gasteiger partial charge < -0.3 is 15.5 Å². The maximum atomic E-state index is 12.4. The molecule has 0 unspecified atom stereocenters. The summed E-state index contributed by atoms with van der Waals surface area (Å²) in [4.78, 5) is 12.4. The van der Waals surface area contributed by atoms with Gasteiger partial charge in [0.15, 0.2) is 5.75 Å². The van der Waals surface area contributed by atoms with Gasteiger partial charge in [0.05, 0.1) is 30.1 Å². The molecule has 3 N–H and O–H groups in total. The summed E-state index contributed by atoms with van der Waals surface area (Å²) >= 11 is 35.0. The summed E-state index contributed by atoms with van der Waals surface area (Å²) in [6, 6.07) is 2.38. The molecule has 4 nitrogen and oxygen atoms in total. The predicted molar refractivity (Wildman–Crippen MR) is 94.2 cm³/mol. The molecule has 0 aromatic heterocycles. The number of aromatic hydroxyl groups is 2. The maximum absolute atomic E-state index is 12.4. The lowest BCUT2D eigenvalue weighted by Crippen LogP contribution is -2.14. The second kappa shape index (κ2) is 7.01. The highest BCUT2D eigenvalue weighted by Crippen LogP contribution is 2.44. The highest BCUT2D eigenvalue weighted by Gasteiger charge is 2.24. The van der Waals surface area contributed by atoms with E-state index in [4.69, 9.17) is 69.6 Å². The first kappa shape index (κ1) is 18.6. The Labute approximate surface area is 160 Å². The van der Waals surface area contributed by atoms with Crippen molar-refractivity contribution in [2.75, 3.05) is 5.32 Å². The fourth-order valence-electron chi connectivity index (χ4n) is 1.67. The van der Waals surface area contributed by atoms with Crippen LogP contribution in [-0.4, -0.2) is 16.1 Å². The second-order valence-corrected chi connectivity index (χ2v) is 6.59. The number of benzene rings is 2. The smallest absolute Gasteiger partial charge is 0.261 e. The monoisotopic (exact) mass is 433 g/mol. The summed E-state index contributed by atoms with van der Waals surface area (Å²) in [6.45, 7) is 0. The quantitative estimate of drug-likeness (QED) is 0.384. The summed E-state index contributed by atoms with van der Waals surface area (Å²) < 4.78 is 0. The highest BCUT2D eigenvalue weighted by atomic mass is 35.5. The molecule has 0 bridgehead atoms. The lowest BCUT2D eigenvalue weighted by molar-refractivity contribution is 0.102. The Hall–Kier alpha value is -0.750. The summed E-state index contributed by atoms with van der Waals surface area (Å²) in [5.41, 5.74) is -0.642. The first-order valence-corrected chi connectivity index (χ1v) is 7.96. The zero-order chi connectivity index (χ0) is 17.5. The van der Waals surface area contributed by atoms with Crippen molar-refractivity contribution in [1.29, 1.82) is 0 Å². The van der Waals surface area contributed by atoms with E-state index in [2.05, 4.69) is 5.32 Å². The Balaban J connectivity index is 2.54. The summed E-state index contributed by atoms with van der Waals surface area (Å²) in [5.74, 6) is -2.01. The van der Waals surface area contributed by atoms with Gasteiger partial charge in [-0.25, -0.2) is 0 Å². The van der Waals surface area contributed by atoms with Gasteiger partial charge in [-0.1, -0.05) is 69.6 Å². The van der Waals surface area contributed by atoms with Crippen LogP contribution >= 0.6 is 69.6 Å². The number of carbonyl (C=O) groups is 1. The van der Waals surface area contributed by atoms with E-state index in [-0.39, 0.29) is 35.8 Å². The molecule has 0 atom stereocenters. The van der Waals surface area contributed by atoms with Crippen LogP contribution in [0.2, 0.25) is 30.1 Å². The van der Waals surface area contributed by atoms with E-state index in [0.29, 0.717) is 0 Å². The van der Waals surface area contributed by atoms with Crippen molar-refractivity contribution in [3.05, 3.63) is 47.8 Å². The Morgan fingerprint density at radius 2 is 1.26 bits per heavy atom. The van der Waals surface area contributed by atoms with Gasteiger partial charge in [-0.2, -0.15) is 0 Å². The number of rotatable bonds is 2. The number of phenols is 2. The molecule has 0 radical (unpaired) electrons. The van der Waals surface area contributed by atoms with Crippen LogP contribution in [0.5, 0.6) is 11.5 Å². The average Bonchev–Trinajstić information content (AvgIpc) is 2.48. The summed E-state index contributed by atoms with van der Waals surface area (Å²) in [7, 11) is 0. The SMILES string of the molecule is O=C(Nc1c(O)c(Cl)cc(Cl)c1Cl)c1c(O)c(Cl)cc(Cl)c1Cl. The molecule has 10 heteroatoms. The Morgan fingerprint density at radius 1 is 0.783 bits per heavy atom. The van der Waals surface area contributed by atoms with Crippen molar-refractivity contribution in [3.63, 3.8) is 0 Å². The minimum Gasteiger partial charge on any atom is -0.505 e. The van der Waals surface area contributed by atoms with Gasteiger partial charge in [0.25, 0.3) is 5.91 Å². The number of anilines is 1. The maximum Gasteiger partial charge on any atom is 0.261 e. The number of carbonyl (C=O) groups excluding carboxylic acids is 1. The minimum atomic E-state index is -0.924. The average molecular weight is 436 g/mol. The molecule has 0 aliphatic heterocycles. The van der Waals surface area contributed by atoms with Crippen LogP contribution in [0.4, 0.5) is 5.69 Å². The van der Waals surface area contributed by atoms with E-state index in [1.807, 2.05) is 0 Å². The standard InChI is InChI=1S/C13H5Cl6NO3/c14-3-1-5(16)11(21)7(8(3)18)13(23)20-10-9(19)4(15)2-6(17)12(10)22/h1-2,21-22H,(H,20,23). The molecule has 2 aromatic rings. The number of amides is 1. The molecular weight excluding hydrogens is 431 g/mol. The summed E-state index contributed by atoms with van der Waals surface area (Å²) in [5, 5.41) is 21.4. The van der Waals surface area contributed by atoms with Crippen molar-refractivity contribution in [3.8, 4) is 11.5 Å². The Morgan fingerprint density at radius 3 is 1.83 bits per heavy atom. The molecule has 0 saturated carbocycles. The topological polar surface area (TPSA) is 69.6 Å². The molecule has 23 heavy (non-hydrogen) atoms. The van der Waals surface area contributed by atoms with Gasteiger partial charge >= 0.3 is 0 Å². The van der Waals surface area contributed by atoms with Crippen molar-refractivity contribution < 1.29 is 15.0 Å². The normalized spacial score (nSPS) is 10.7. The molecule has 0 aliphatic rings. The molecule has 122 valence electrons. The van der Waals surface area contributed by atoms with Gasteiger partial charge in [0.2, 0.25) is 0 Å². The lowest BCUT2D eigenvalue weighted by Gasteiger charge is -2.14. The molecule has 0 aliphatic carbocycles. The number of nitrogens with one attached hydrogen (secondary N) is 1. The van der Waals surface area contributed by atoms with E-state index < -0.39 is 23.0 Å². The zero-order valence-electron chi connectivity index (χ0n) is 10.7. The van der Waals surface area contributed by atoms with Crippen LogP contribution in [0.3, 0.4) is 0 Å². The fraction of sp³-hybridized carbons (Fsp3) is 0. The molecule has 0 spiro atoms. The number of hydrogen-bond donors (Lipinski definition) is 3. The molecule has 2 rings (SSSR count). The third kappa shape index (κ3) is 3.53. The first-order chi connectivity index (χ1) is 10.6. The second-order valence-electron chi connectivity index (χ2n) is 4.21. The predicted octanol–water partition coefficient (Wildman–Crippen LogP) is 6.27. The largest absolute Gasteiger partial charge is 0.505 e.